The molecule has 2 aromatic rings. The van der Waals surface area contributed by atoms with E-state index >= 15 is 0 Å². The SMILES string of the molecule is COc1cc(Br)c(CCC(=O)Nc2ccc(Cl)cc2C)cc1OC. The summed E-state index contributed by atoms with van der Waals surface area (Å²) in [5, 5.41) is 3.56. The summed E-state index contributed by atoms with van der Waals surface area (Å²) in [6, 6.07) is 9.11. The maximum absolute atomic E-state index is 12.2. The number of hydrogen-bond donors (Lipinski definition) is 1. The first-order valence-corrected chi connectivity index (χ1v) is 8.58. The van der Waals surface area contributed by atoms with Crippen molar-refractivity contribution < 1.29 is 14.3 Å². The first-order valence-electron chi connectivity index (χ1n) is 7.41. The van der Waals surface area contributed by atoms with Crippen LogP contribution in [0, 0.1) is 6.92 Å². The number of methoxy groups -OCH3 is 2. The Morgan fingerprint density at radius 1 is 1.17 bits per heavy atom. The van der Waals surface area contributed by atoms with Crippen molar-refractivity contribution in [3.63, 3.8) is 0 Å². The van der Waals surface area contributed by atoms with Gasteiger partial charge in [0.25, 0.3) is 0 Å². The summed E-state index contributed by atoms with van der Waals surface area (Å²) in [5.41, 5.74) is 2.69. The molecular weight excluding hydrogens is 394 g/mol. The quantitative estimate of drug-likeness (QED) is 0.726. The number of ether oxygens (including phenoxy) is 2. The first kappa shape index (κ1) is 18.6. The van der Waals surface area contributed by atoms with Crippen molar-refractivity contribution in [2.45, 2.75) is 19.8 Å². The molecule has 1 amide bonds. The summed E-state index contributed by atoms with van der Waals surface area (Å²) >= 11 is 9.43. The van der Waals surface area contributed by atoms with Gasteiger partial charge < -0.3 is 14.8 Å². The van der Waals surface area contributed by atoms with Gasteiger partial charge in [0.15, 0.2) is 11.5 Å². The second kappa shape index (κ2) is 8.40. The first-order chi connectivity index (χ1) is 11.4. The summed E-state index contributed by atoms with van der Waals surface area (Å²) in [4.78, 5) is 12.2. The molecule has 0 heterocycles. The van der Waals surface area contributed by atoms with Crippen LogP contribution in [0.25, 0.3) is 0 Å². The molecule has 0 aliphatic carbocycles. The number of hydrogen-bond acceptors (Lipinski definition) is 3. The molecule has 0 atom stereocenters. The third kappa shape index (κ3) is 4.65. The molecule has 2 rings (SSSR count). The fourth-order valence-corrected chi connectivity index (χ4v) is 3.06. The lowest BCUT2D eigenvalue weighted by Crippen LogP contribution is -2.13. The number of aryl methyl sites for hydroxylation is 2. The molecule has 0 aliphatic heterocycles. The second-order valence-corrected chi connectivity index (χ2v) is 6.60. The number of anilines is 1. The van der Waals surface area contributed by atoms with Gasteiger partial charge in [-0.05, 0) is 54.8 Å². The van der Waals surface area contributed by atoms with Crippen LogP contribution in [0.4, 0.5) is 5.69 Å². The molecule has 0 saturated heterocycles. The van der Waals surface area contributed by atoms with Gasteiger partial charge in [0, 0.05) is 21.6 Å². The van der Waals surface area contributed by atoms with Crippen molar-refractivity contribution in [3.8, 4) is 11.5 Å². The Hall–Kier alpha value is -1.72. The van der Waals surface area contributed by atoms with Crippen LogP contribution in [0.15, 0.2) is 34.8 Å². The fourth-order valence-electron chi connectivity index (χ4n) is 2.32. The van der Waals surface area contributed by atoms with Gasteiger partial charge in [0.05, 0.1) is 14.2 Å². The molecule has 4 nitrogen and oxygen atoms in total. The highest BCUT2D eigenvalue weighted by Crippen LogP contribution is 2.33. The number of halogens is 2. The summed E-state index contributed by atoms with van der Waals surface area (Å²) in [5.74, 6) is 1.24. The summed E-state index contributed by atoms with van der Waals surface area (Å²) in [6.07, 6.45) is 0.940. The van der Waals surface area contributed by atoms with Crippen molar-refractivity contribution in [2.24, 2.45) is 0 Å². The van der Waals surface area contributed by atoms with Crippen LogP contribution in [0.2, 0.25) is 5.02 Å². The van der Waals surface area contributed by atoms with E-state index in [0.717, 1.165) is 21.3 Å². The third-order valence-electron chi connectivity index (χ3n) is 3.64. The molecule has 0 radical (unpaired) electrons. The predicted octanol–water partition coefficient (Wildman–Crippen LogP) is 5.00. The summed E-state index contributed by atoms with van der Waals surface area (Å²) in [7, 11) is 3.18. The van der Waals surface area contributed by atoms with Gasteiger partial charge in [-0.3, -0.25) is 4.79 Å². The van der Waals surface area contributed by atoms with Gasteiger partial charge in [0.1, 0.15) is 0 Å². The van der Waals surface area contributed by atoms with Crippen LogP contribution in [0.3, 0.4) is 0 Å². The number of carbonyl (C=O) groups is 1. The topological polar surface area (TPSA) is 47.6 Å². The van der Waals surface area contributed by atoms with Crippen molar-refractivity contribution >= 4 is 39.1 Å². The molecule has 0 aromatic heterocycles. The largest absolute Gasteiger partial charge is 0.493 e. The zero-order valence-corrected chi connectivity index (χ0v) is 16.1. The lowest BCUT2D eigenvalue weighted by atomic mass is 10.1. The monoisotopic (exact) mass is 411 g/mol. The van der Waals surface area contributed by atoms with E-state index in [9.17, 15) is 4.79 Å². The Bertz CT molecular complexity index is 749. The van der Waals surface area contributed by atoms with Crippen LogP contribution < -0.4 is 14.8 Å². The Morgan fingerprint density at radius 3 is 2.46 bits per heavy atom. The molecule has 0 aliphatic rings. The number of carbonyl (C=O) groups excluding carboxylic acids is 1. The van der Waals surface area contributed by atoms with E-state index < -0.39 is 0 Å². The third-order valence-corrected chi connectivity index (χ3v) is 4.61. The lowest BCUT2D eigenvalue weighted by molar-refractivity contribution is -0.116. The zero-order valence-electron chi connectivity index (χ0n) is 13.8. The van der Waals surface area contributed by atoms with E-state index in [0.29, 0.717) is 29.4 Å². The van der Waals surface area contributed by atoms with Crippen molar-refractivity contribution in [1.82, 2.24) is 0 Å². The Labute approximate surface area is 155 Å². The van der Waals surface area contributed by atoms with Crippen molar-refractivity contribution in [2.75, 3.05) is 19.5 Å². The second-order valence-electron chi connectivity index (χ2n) is 5.31. The maximum Gasteiger partial charge on any atom is 0.224 e. The fraction of sp³-hybridized carbons (Fsp3) is 0.278. The van der Waals surface area contributed by atoms with E-state index in [2.05, 4.69) is 21.2 Å². The van der Waals surface area contributed by atoms with E-state index in [1.54, 1.807) is 20.3 Å². The van der Waals surface area contributed by atoms with Crippen molar-refractivity contribution in [3.05, 3.63) is 51.0 Å². The highest BCUT2D eigenvalue weighted by Gasteiger charge is 2.12. The van der Waals surface area contributed by atoms with Gasteiger partial charge in [0.2, 0.25) is 5.91 Å². The normalized spacial score (nSPS) is 10.4. The Balaban J connectivity index is 2.03. The van der Waals surface area contributed by atoms with Gasteiger partial charge in [-0.2, -0.15) is 0 Å². The molecule has 128 valence electrons. The molecule has 0 fully saturated rings. The van der Waals surface area contributed by atoms with E-state index in [1.165, 1.54) is 0 Å². The molecule has 2 aromatic carbocycles. The van der Waals surface area contributed by atoms with E-state index in [1.807, 2.05) is 31.2 Å². The van der Waals surface area contributed by atoms with Crippen LogP contribution in [-0.4, -0.2) is 20.1 Å². The van der Waals surface area contributed by atoms with E-state index in [4.69, 9.17) is 21.1 Å². The number of rotatable bonds is 6. The molecule has 0 spiro atoms. The number of benzene rings is 2. The zero-order chi connectivity index (χ0) is 17.7. The summed E-state index contributed by atoms with van der Waals surface area (Å²) < 4.78 is 11.4. The molecular formula is C18H19BrClNO3. The van der Waals surface area contributed by atoms with E-state index in [-0.39, 0.29) is 5.91 Å². The molecule has 0 unspecified atom stereocenters. The van der Waals surface area contributed by atoms with Crippen molar-refractivity contribution in [1.29, 1.82) is 0 Å². The number of amides is 1. The predicted molar refractivity (Wildman–Crippen MR) is 100 cm³/mol. The minimum atomic E-state index is -0.0536. The molecule has 1 N–H and O–H groups in total. The average Bonchev–Trinajstić information content (AvgIpc) is 2.56. The van der Waals surface area contributed by atoms with Crippen LogP contribution in [0.1, 0.15) is 17.5 Å². The summed E-state index contributed by atoms with van der Waals surface area (Å²) in [6.45, 7) is 1.91. The Kier molecular flexibility index (Phi) is 6.52. The average molecular weight is 413 g/mol. The van der Waals surface area contributed by atoms with Gasteiger partial charge >= 0.3 is 0 Å². The maximum atomic E-state index is 12.2. The van der Waals surface area contributed by atoms with Gasteiger partial charge in [-0.1, -0.05) is 27.5 Å². The minimum Gasteiger partial charge on any atom is -0.493 e. The van der Waals surface area contributed by atoms with Gasteiger partial charge in [-0.15, -0.1) is 0 Å². The number of nitrogens with one attached hydrogen (secondary N) is 1. The standard InChI is InChI=1S/C18H19BrClNO3/c1-11-8-13(20)5-6-15(11)21-18(22)7-4-12-9-16(23-2)17(24-3)10-14(12)19/h5-6,8-10H,4,7H2,1-3H3,(H,21,22). The highest BCUT2D eigenvalue weighted by atomic mass is 79.9. The molecule has 24 heavy (non-hydrogen) atoms. The lowest BCUT2D eigenvalue weighted by Gasteiger charge is -2.12. The molecule has 0 bridgehead atoms. The van der Waals surface area contributed by atoms with Crippen LogP contribution >= 0.6 is 27.5 Å². The van der Waals surface area contributed by atoms with Crippen LogP contribution in [-0.2, 0) is 11.2 Å². The molecule has 6 heteroatoms. The highest BCUT2D eigenvalue weighted by molar-refractivity contribution is 9.10. The molecule has 0 saturated carbocycles. The van der Waals surface area contributed by atoms with Gasteiger partial charge in [-0.25, -0.2) is 0 Å². The minimum absolute atomic E-state index is 0.0536. The smallest absolute Gasteiger partial charge is 0.224 e. The van der Waals surface area contributed by atoms with Crippen LogP contribution in [0.5, 0.6) is 11.5 Å². The Morgan fingerprint density at radius 2 is 1.83 bits per heavy atom.